The molecule has 1 aromatic carbocycles. The molecular formula is C14H21NO2. The maximum Gasteiger partial charge on any atom is 0.307 e. The van der Waals surface area contributed by atoms with E-state index in [1.807, 2.05) is 6.92 Å². The van der Waals surface area contributed by atoms with E-state index in [0.29, 0.717) is 6.42 Å². The maximum absolute atomic E-state index is 11.1. The fraction of sp³-hybridized carbons (Fsp3) is 0.500. The quantitative estimate of drug-likeness (QED) is 0.797. The molecule has 1 aromatic rings. The summed E-state index contributed by atoms with van der Waals surface area (Å²) in [4.78, 5) is 11.1. The van der Waals surface area contributed by atoms with Crippen LogP contribution < -0.4 is 5.32 Å². The van der Waals surface area contributed by atoms with Crippen molar-refractivity contribution >= 4 is 5.97 Å². The molecule has 0 aliphatic carbocycles. The van der Waals surface area contributed by atoms with Gasteiger partial charge in [-0.25, -0.2) is 0 Å². The summed E-state index contributed by atoms with van der Waals surface area (Å²) in [5.74, 6) is -0.180. The molecule has 94 valence electrons. The number of benzene rings is 1. The Hall–Kier alpha value is -1.35. The van der Waals surface area contributed by atoms with Gasteiger partial charge in [0, 0.05) is 12.1 Å². The number of esters is 1. The van der Waals surface area contributed by atoms with E-state index in [4.69, 9.17) is 0 Å². The molecule has 2 atom stereocenters. The largest absolute Gasteiger partial charge is 0.469 e. The van der Waals surface area contributed by atoms with Crippen LogP contribution >= 0.6 is 0 Å². The highest BCUT2D eigenvalue weighted by atomic mass is 16.5. The van der Waals surface area contributed by atoms with Crippen molar-refractivity contribution in [3.63, 3.8) is 0 Å². The molecule has 17 heavy (non-hydrogen) atoms. The molecule has 0 spiro atoms. The monoisotopic (exact) mass is 235 g/mol. The number of hydrogen-bond acceptors (Lipinski definition) is 3. The average Bonchev–Trinajstić information content (AvgIpc) is 2.29. The molecule has 0 heterocycles. The van der Waals surface area contributed by atoms with Crippen molar-refractivity contribution in [3.05, 3.63) is 35.4 Å². The Bertz CT molecular complexity index is 359. The molecule has 0 saturated carbocycles. The second-order valence-corrected chi connectivity index (χ2v) is 4.48. The average molecular weight is 235 g/mol. The van der Waals surface area contributed by atoms with Gasteiger partial charge in [0.2, 0.25) is 0 Å². The van der Waals surface area contributed by atoms with Crippen molar-refractivity contribution in [2.75, 3.05) is 7.11 Å². The van der Waals surface area contributed by atoms with Crippen molar-refractivity contribution in [3.8, 4) is 0 Å². The minimum atomic E-state index is -0.180. The Morgan fingerprint density at radius 3 is 2.41 bits per heavy atom. The van der Waals surface area contributed by atoms with Gasteiger partial charge in [-0.1, -0.05) is 29.8 Å². The molecule has 1 N–H and O–H groups in total. The van der Waals surface area contributed by atoms with Gasteiger partial charge in [0.05, 0.1) is 13.5 Å². The van der Waals surface area contributed by atoms with Gasteiger partial charge in [-0.05, 0) is 26.3 Å². The Kier molecular flexibility index (Phi) is 5.16. The number of carbonyl (C=O) groups is 1. The zero-order valence-corrected chi connectivity index (χ0v) is 11.0. The summed E-state index contributed by atoms with van der Waals surface area (Å²) in [5, 5.41) is 3.38. The first-order valence-electron chi connectivity index (χ1n) is 5.92. The number of methoxy groups -OCH3 is 1. The predicted octanol–water partition coefficient (Wildman–Crippen LogP) is 2.60. The van der Waals surface area contributed by atoms with Gasteiger partial charge in [0.15, 0.2) is 0 Å². The fourth-order valence-electron chi connectivity index (χ4n) is 1.77. The standard InChI is InChI=1S/C14H21NO2/c1-10-5-7-13(8-6-10)12(3)15-11(2)9-14(16)17-4/h5-8,11-12,15H,9H2,1-4H3. The van der Waals surface area contributed by atoms with Crippen LogP contribution in [0.2, 0.25) is 0 Å². The van der Waals surface area contributed by atoms with Crippen molar-refractivity contribution in [2.45, 2.75) is 39.3 Å². The topological polar surface area (TPSA) is 38.3 Å². The van der Waals surface area contributed by atoms with Crippen LogP contribution in [-0.4, -0.2) is 19.1 Å². The highest BCUT2D eigenvalue weighted by Gasteiger charge is 2.12. The third-order valence-electron chi connectivity index (χ3n) is 2.81. The molecule has 0 fully saturated rings. The van der Waals surface area contributed by atoms with Crippen molar-refractivity contribution < 1.29 is 9.53 Å². The summed E-state index contributed by atoms with van der Waals surface area (Å²) in [7, 11) is 1.42. The predicted molar refractivity (Wildman–Crippen MR) is 68.8 cm³/mol. The van der Waals surface area contributed by atoms with E-state index >= 15 is 0 Å². The molecule has 2 unspecified atom stereocenters. The highest BCUT2D eigenvalue weighted by Crippen LogP contribution is 2.14. The third-order valence-corrected chi connectivity index (χ3v) is 2.81. The van der Waals surface area contributed by atoms with Crippen LogP contribution in [0.3, 0.4) is 0 Å². The number of carbonyl (C=O) groups excluding carboxylic acids is 1. The zero-order chi connectivity index (χ0) is 12.8. The van der Waals surface area contributed by atoms with Crippen LogP contribution in [0.1, 0.15) is 37.4 Å². The third kappa shape index (κ3) is 4.57. The number of nitrogens with one attached hydrogen (secondary N) is 1. The molecule has 0 bridgehead atoms. The first-order chi connectivity index (χ1) is 8.02. The minimum Gasteiger partial charge on any atom is -0.469 e. The first kappa shape index (κ1) is 13.7. The van der Waals surface area contributed by atoms with Gasteiger partial charge in [-0.3, -0.25) is 4.79 Å². The number of aryl methyl sites for hydroxylation is 1. The van der Waals surface area contributed by atoms with Crippen LogP contribution in [-0.2, 0) is 9.53 Å². The van der Waals surface area contributed by atoms with E-state index in [9.17, 15) is 4.79 Å². The van der Waals surface area contributed by atoms with Crippen LogP contribution in [0.25, 0.3) is 0 Å². The Labute approximate surface area is 103 Å². The van der Waals surface area contributed by atoms with Crippen molar-refractivity contribution in [1.82, 2.24) is 5.32 Å². The second-order valence-electron chi connectivity index (χ2n) is 4.48. The summed E-state index contributed by atoms with van der Waals surface area (Å²) >= 11 is 0. The van der Waals surface area contributed by atoms with Gasteiger partial charge in [-0.2, -0.15) is 0 Å². The Morgan fingerprint density at radius 1 is 1.29 bits per heavy atom. The second kappa shape index (κ2) is 6.40. The maximum atomic E-state index is 11.1. The van der Waals surface area contributed by atoms with Crippen LogP contribution in [0.4, 0.5) is 0 Å². The molecule has 0 saturated heterocycles. The molecule has 3 nitrogen and oxygen atoms in total. The summed E-state index contributed by atoms with van der Waals surface area (Å²) in [6.45, 7) is 6.15. The molecule has 0 aliphatic heterocycles. The Balaban J connectivity index is 2.51. The van der Waals surface area contributed by atoms with E-state index in [2.05, 4.69) is 48.2 Å². The summed E-state index contributed by atoms with van der Waals surface area (Å²) in [5.41, 5.74) is 2.48. The Morgan fingerprint density at radius 2 is 1.88 bits per heavy atom. The lowest BCUT2D eigenvalue weighted by Crippen LogP contribution is -2.31. The van der Waals surface area contributed by atoms with E-state index in [1.165, 1.54) is 18.2 Å². The molecule has 1 rings (SSSR count). The number of ether oxygens (including phenoxy) is 1. The molecular weight excluding hydrogens is 214 g/mol. The van der Waals surface area contributed by atoms with Gasteiger partial charge < -0.3 is 10.1 Å². The molecule has 0 amide bonds. The number of rotatable bonds is 5. The van der Waals surface area contributed by atoms with Gasteiger partial charge in [-0.15, -0.1) is 0 Å². The molecule has 0 radical (unpaired) electrons. The summed E-state index contributed by atoms with van der Waals surface area (Å²) in [6.07, 6.45) is 0.396. The number of hydrogen-bond donors (Lipinski definition) is 1. The van der Waals surface area contributed by atoms with E-state index in [-0.39, 0.29) is 18.1 Å². The van der Waals surface area contributed by atoms with Crippen molar-refractivity contribution in [1.29, 1.82) is 0 Å². The van der Waals surface area contributed by atoms with Crippen molar-refractivity contribution in [2.24, 2.45) is 0 Å². The summed E-state index contributed by atoms with van der Waals surface area (Å²) in [6, 6.07) is 8.75. The zero-order valence-electron chi connectivity index (χ0n) is 11.0. The lowest BCUT2D eigenvalue weighted by molar-refractivity contribution is -0.141. The van der Waals surface area contributed by atoms with Crippen LogP contribution in [0.5, 0.6) is 0 Å². The van der Waals surface area contributed by atoms with Gasteiger partial charge in [0.25, 0.3) is 0 Å². The van der Waals surface area contributed by atoms with Gasteiger partial charge in [0.1, 0.15) is 0 Å². The van der Waals surface area contributed by atoms with Crippen LogP contribution in [0.15, 0.2) is 24.3 Å². The molecule has 3 heteroatoms. The lowest BCUT2D eigenvalue weighted by Gasteiger charge is -2.19. The van der Waals surface area contributed by atoms with E-state index in [1.54, 1.807) is 0 Å². The highest BCUT2D eigenvalue weighted by molar-refractivity contribution is 5.69. The smallest absolute Gasteiger partial charge is 0.307 e. The molecule has 0 aromatic heterocycles. The summed E-state index contributed by atoms with van der Waals surface area (Å²) < 4.78 is 4.64. The fourth-order valence-corrected chi connectivity index (χ4v) is 1.77. The molecule has 0 aliphatic rings. The van der Waals surface area contributed by atoms with E-state index < -0.39 is 0 Å². The van der Waals surface area contributed by atoms with E-state index in [0.717, 1.165) is 0 Å². The lowest BCUT2D eigenvalue weighted by atomic mass is 10.1. The normalized spacial score (nSPS) is 14.1. The SMILES string of the molecule is COC(=O)CC(C)NC(C)c1ccc(C)cc1. The minimum absolute atomic E-state index is 0.110. The van der Waals surface area contributed by atoms with Crippen LogP contribution in [0, 0.1) is 6.92 Å². The van der Waals surface area contributed by atoms with Gasteiger partial charge >= 0.3 is 5.97 Å². The first-order valence-corrected chi connectivity index (χ1v) is 5.92.